The number of rotatable bonds is 3. The van der Waals surface area contributed by atoms with Crippen molar-refractivity contribution in [1.82, 2.24) is 34.3 Å². The van der Waals surface area contributed by atoms with Gasteiger partial charge < -0.3 is 4.90 Å². The van der Waals surface area contributed by atoms with Crippen molar-refractivity contribution in [3.05, 3.63) is 28.7 Å². The van der Waals surface area contributed by atoms with Crippen LogP contribution in [0.3, 0.4) is 0 Å². The highest BCUT2D eigenvalue weighted by atomic mass is 15.4. The van der Waals surface area contributed by atoms with Gasteiger partial charge in [0.05, 0.1) is 17.1 Å². The molecule has 0 unspecified atom stereocenters. The molecule has 1 aliphatic rings. The number of anilines is 1. The van der Waals surface area contributed by atoms with Crippen molar-refractivity contribution < 1.29 is 0 Å². The number of hydrogen-bond acceptors (Lipinski definition) is 6. The Morgan fingerprint density at radius 1 is 0.880 bits per heavy atom. The molecular weight excluding hydrogens is 316 g/mol. The topological polar surface area (TPSA) is 77.0 Å². The first-order chi connectivity index (χ1) is 12.0. The van der Waals surface area contributed by atoms with E-state index in [9.17, 15) is 0 Å². The second kappa shape index (κ2) is 5.94. The Bertz CT molecular complexity index is 959. The SMILES string of the molecule is Cc1nc(C)c2nc(/C=C/c3nc(N4CCCC4)nn3C)nn2c1C. The largest absolute Gasteiger partial charge is 0.340 e. The van der Waals surface area contributed by atoms with Gasteiger partial charge in [0.15, 0.2) is 17.3 Å². The quantitative estimate of drug-likeness (QED) is 0.726. The van der Waals surface area contributed by atoms with Crippen LogP contribution in [-0.4, -0.2) is 47.4 Å². The van der Waals surface area contributed by atoms with Gasteiger partial charge in [-0.1, -0.05) is 0 Å². The first-order valence-corrected chi connectivity index (χ1v) is 8.57. The van der Waals surface area contributed by atoms with E-state index >= 15 is 0 Å². The summed E-state index contributed by atoms with van der Waals surface area (Å²) in [6, 6.07) is 0. The Morgan fingerprint density at radius 3 is 2.40 bits per heavy atom. The molecule has 0 atom stereocenters. The minimum absolute atomic E-state index is 0.643. The maximum Gasteiger partial charge on any atom is 0.245 e. The summed E-state index contributed by atoms with van der Waals surface area (Å²) in [5, 5.41) is 9.09. The van der Waals surface area contributed by atoms with E-state index in [0.717, 1.165) is 47.6 Å². The molecule has 0 spiro atoms. The van der Waals surface area contributed by atoms with E-state index in [-0.39, 0.29) is 0 Å². The third-order valence-electron chi connectivity index (χ3n) is 4.68. The summed E-state index contributed by atoms with van der Waals surface area (Å²) in [4.78, 5) is 15.9. The summed E-state index contributed by atoms with van der Waals surface area (Å²) in [6.07, 6.45) is 6.20. The molecule has 8 heteroatoms. The van der Waals surface area contributed by atoms with Gasteiger partial charge in [-0.05, 0) is 45.8 Å². The van der Waals surface area contributed by atoms with Gasteiger partial charge in [0, 0.05) is 20.1 Å². The predicted octanol–water partition coefficient (Wildman–Crippen LogP) is 1.95. The fourth-order valence-electron chi connectivity index (χ4n) is 3.13. The van der Waals surface area contributed by atoms with Crippen LogP contribution in [0.25, 0.3) is 17.8 Å². The second-order valence-corrected chi connectivity index (χ2v) is 6.49. The fraction of sp³-hybridized carbons (Fsp3) is 0.471. The van der Waals surface area contributed by atoms with Crippen molar-refractivity contribution in [3.63, 3.8) is 0 Å². The third-order valence-corrected chi connectivity index (χ3v) is 4.68. The Kier molecular flexibility index (Phi) is 3.74. The van der Waals surface area contributed by atoms with Crippen LogP contribution in [0.2, 0.25) is 0 Å². The van der Waals surface area contributed by atoms with Crippen LogP contribution in [0.5, 0.6) is 0 Å². The molecule has 0 radical (unpaired) electrons. The summed E-state index contributed by atoms with van der Waals surface area (Å²) in [7, 11) is 1.91. The molecule has 0 saturated carbocycles. The van der Waals surface area contributed by atoms with Crippen LogP contribution in [0, 0.1) is 20.8 Å². The monoisotopic (exact) mass is 338 g/mol. The maximum atomic E-state index is 4.63. The van der Waals surface area contributed by atoms with Crippen LogP contribution >= 0.6 is 0 Å². The van der Waals surface area contributed by atoms with Crippen molar-refractivity contribution in [2.24, 2.45) is 7.05 Å². The Hall–Kier alpha value is -2.77. The second-order valence-electron chi connectivity index (χ2n) is 6.49. The van der Waals surface area contributed by atoms with Crippen molar-refractivity contribution in [1.29, 1.82) is 0 Å². The average molecular weight is 338 g/mol. The molecule has 1 fully saturated rings. The standard InChI is InChI=1S/C17H22N8/c1-11-13(3)25-16(12(2)18-11)19-14(21-25)7-8-15-20-17(22-23(15)4)24-9-5-6-10-24/h7-8H,5-6,9-10H2,1-4H3/b8-7+. The maximum absolute atomic E-state index is 4.63. The van der Waals surface area contributed by atoms with Crippen LogP contribution in [0.15, 0.2) is 0 Å². The van der Waals surface area contributed by atoms with Crippen molar-refractivity contribution in [3.8, 4) is 0 Å². The molecule has 0 aliphatic carbocycles. The molecule has 3 aromatic heterocycles. The van der Waals surface area contributed by atoms with Gasteiger partial charge in [0.2, 0.25) is 5.95 Å². The molecule has 0 bridgehead atoms. The van der Waals surface area contributed by atoms with Crippen LogP contribution in [0.4, 0.5) is 5.95 Å². The molecule has 3 aromatic rings. The van der Waals surface area contributed by atoms with E-state index in [1.807, 2.05) is 44.5 Å². The highest BCUT2D eigenvalue weighted by Gasteiger charge is 2.17. The van der Waals surface area contributed by atoms with Gasteiger partial charge in [0.1, 0.15) is 0 Å². The van der Waals surface area contributed by atoms with E-state index < -0.39 is 0 Å². The predicted molar refractivity (Wildman–Crippen MR) is 96.4 cm³/mol. The molecule has 4 rings (SSSR count). The molecule has 1 saturated heterocycles. The first-order valence-electron chi connectivity index (χ1n) is 8.57. The lowest BCUT2D eigenvalue weighted by molar-refractivity contribution is 0.747. The number of fused-ring (bicyclic) bond motifs is 1. The zero-order valence-corrected chi connectivity index (χ0v) is 15.1. The van der Waals surface area contributed by atoms with E-state index in [4.69, 9.17) is 0 Å². The van der Waals surface area contributed by atoms with Gasteiger partial charge in [-0.15, -0.1) is 10.2 Å². The van der Waals surface area contributed by atoms with Gasteiger partial charge in [-0.2, -0.15) is 4.98 Å². The highest BCUT2D eigenvalue weighted by Crippen LogP contribution is 2.17. The number of hydrogen-bond donors (Lipinski definition) is 0. The van der Waals surface area contributed by atoms with Crippen LogP contribution in [-0.2, 0) is 7.05 Å². The summed E-state index contributed by atoms with van der Waals surface area (Å²) in [5.41, 5.74) is 3.64. The summed E-state index contributed by atoms with van der Waals surface area (Å²) in [6.45, 7) is 8.01. The Morgan fingerprint density at radius 2 is 1.64 bits per heavy atom. The van der Waals surface area contributed by atoms with Crippen molar-refractivity contribution in [2.45, 2.75) is 33.6 Å². The molecule has 0 amide bonds. The summed E-state index contributed by atoms with van der Waals surface area (Å²) in [5.74, 6) is 2.24. The van der Waals surface area contributed by atoms with Crippen LogP contribution in [0.1, 0.15) is 41.6 Å². The van der Waals surface area contributed by atoms with E-state index in [0.29, 0.717) is 5.82 Å². The molecule has 0 aromatic carbocycles. The van der Waals surface area contributed by atoms with Gasteiger partial charge in [-0.25, -0.2) is 14.2 Å². The first kappa shape index (κ1) is 15.7. The lowest BCUT2D eigenvalue weighted by Crippen LogP contribution is -2.19. The summed E-state index contributed by atoms with van der Waals surface area (Å²) >= 11 is 0. The zero-order chi connectivity index (χ0) is 17.6. The number of aryl methyl sites for hydroxylation is 4. The Balaban J connectivity index is 1.65. The zero-order valence-electron chi connectivity index (χ0n) is 15.1. The number of aromatic nitrogens is 7. The van der Waals surface area contributed by atoms with E-state index in [1.165, 1.54) is 12.8 Å². The van der Waals surface area contributed by atoms with Crippen LogP contribution < -0.4 is 4.90 Å². The van der Waals surface area contributed by atoms with E-state index in [1.54, 1.807) is 4.68 Å². The smallest absolute Gasteiger partial charge is 0.245 e. The molecule has 130 valence electrons. The number of nitrogens with zero attached hydrogens (tertiary/aromatic N) is 8. The molecule has 4 heterocycles. The highest BCUT2D eigenvalue weighted by molar-refractivity contribution is 5.65. The lowest BCUT2D eigenvalue weighted by atomic mass is 10.3. The minimum Gasteiger partial charge on any atom is -0.340 e. The minimum atomic E-state index is 0.643. The van der Waals surface area contributed by atoms with Gasteiger partial charge >= 0.3 is 0 Å². The molecule has 8 nitrogen and oxygen atoms in total. The van der Waals surface area contributed by atoms with E-state index in [2.05, 4.69) is 30.0 Å². The van der Waals surface area contributed by atoms with Crippen molar-refractivity contribution in [2.75, 3.05) is 18.0 Å². The lowest BCUT2D eigenvalue weighted by Gasteiger charge is -2.10. The third kappa shape index (κ3) is 2.77. The molecule has 0 N–H and O–H groups in total. The summed E-state index contributed by atoms with van der Waals surface area (Å²) < 4.78 is 3.64. The average Bonchev–Trinajstić information content (AvgIpc) is 3.30. The van der Waals surface area contributed by atoms with Gasteiger partial charge in [0.25, 0.3) is 0 Å². The van der Waals surface area contributed by atoms with Crippen molar-refractivity contribution >= 4 is 23.7 Å². The normalized spacial score (nSPS) is 15.1. The Labute approximate surface area is 146 Å². The molecule has 25 heavy (non-hydrogen) atoms. The molecule has 1 aliphatic heterocycles. The van der Waals surface area contributed by atoms with Gasteiger partial charge in [-0.3, -0.25) is 4.98 Å². The molecular formula is C17H22N8. The fourth-order valence-corrected chi connectivity index (χ4v) is 3.13.